The van der Waals surface area contributed by atoms with Gasteiger partial charge in [-0.15, -0.1) is 0 Å². The summed E-state index contributed by atoms with van der Waals surface area (Å²) in [6.07, 6.45) is 18.6. The highest BCUT2D eigenvalue weighted by Crippen LogP contribution is 2.36. The zero-order chi connectivity index (χ0) is 101. The van der Waals surface area contributed by atoms with Gasteiger partial charge in [-0.3, -0.25) is 0 Å². The third kappa shape index (κ3) is 20.5. The van der Waals surface area contributed by atoms with Gasteiger partial charge in [0.15, 0.2) is 0 Å². The number of aryl methyl sites for hydroxylation is 7. The number of aromatic nitrogens is 10. The average molecular weight is 2020 g/mol. The molecule has 25 rings (SSSR count). The summed E-state index contributed by atoms with van der Waals surface area (Å²) < 4.78 is 38.0. The summed E-state index contributed by atoms with van der Waals surface area (Å²) in [5, 5.41) is 16.7. The molecule has 0 unspecified atom stereocenters. The number of rotatable bonds is 10. The molecular weight excluding hydrogens is 1900 g/mol. The number of halogens is 3. The molecule has 5 fully saturated rings. The second kappa shape index (κ2) is 40.4. The van der Waals surface area contributed by atoms with E-state index in [1.54, 1.807) is 24.8 Å². The van der Waals surface area contributed by atoms with Crippen molar-refractivity contribution in [3.8, 4) is 56.3 Å². The third-order valence-electron chi connectivity index (χ3n) is 27.9. The average Bonchev–Trinajstić information content (AvgIpc) is 1.52. The number of hydrogen-bond donors (Lipinski definition) is 3. The molecule has 746 valence electrons. The minimum atomic E-state index is -0.395. The maximum atomic E-state index is 12.8. The first kappa shape index (κ1) is 97.4. The van der Waals surface area contributed by atoms with Crippen LogP contribution in [0.3, 0.4) is 0 Å². The van der Waals surface area contributed by atoms with Crippen LogP contribution in [0.25, 0.3) is 139 Å². The standard InChI is InChI=1S/C24H26N4O2.C23H23ClN4O2.C23H24N4O2.C22H21ClN4O2.C21H19ClN4O2/c1-14-7-15(2)23-26-21(13-28(23)10-14)20-8-18-5-6-19(9-22(18)30-24(20)29)27-11-16(3)25-17(4)12-27;1-13-6-17(24)11-28-12-20(26-22(13)28)19-7-16-4-5-18(8-21(16)30-23(19)29)27-9-14(2)25-15(3)10-27;1-15-10-16(2)22-24-20(14-27(22)13-15)19-11-17-4-5-18(12-21(17)29-23(19)28)26-8-6-25(3)7-9-26;1-14-9-16(23)12-27-13-19(24-21(14)27)18-10-15-3-4-17(11-20(15)29-22(18)28)26-7-5-25(2)6-8-26;1-13-8-15(22)11-26-12-18(24-20(13)26)17-9-14-2-3-16(10-19(14)28-21(17)27)25-6-4-23-5-7-25/h5-10,13,16-17,25H,11-12H2,1-4H3;4-8,11-12,14-15,25H,9-10H2,1-3H3;4-5,10-14H,6-9H2,1-3H3;3-4,9-13H,5-8H2,1-2H3;2-3,8-12,23H,4-7H2,1H3/t16-,17+;14-,15+;;;. The fraction of sp³-hybridized carbons (Fsp3) is 0.292. The van der Waals surface area contributed by atoms with Crippen molar-refractivity contribution in [2.45, 2.75) is 100 Å². The molecule has 0 saturated carbocycles. The van der Waals surface area contributed by atoms with Crippen molar-refractivity contribution in [1.29, 1.82) is 0 Å². The van der Waals surface area contributed by atoms with Crippen LogP contribution in [0.1, 0.15) is 66.6 Å². The van der Waals surface area contributed by atoms with Gasteiger partial charge in [0.25, 0.3) is 0 Å². The molecule has 0 spiro atoms. The van der Waals surface area contributed by atoms with Crippen LogP contribution in [0, 0.1) is 48.5 Å². The van der Waals surface area contributed by atoms with Crippen molar-refractivity contribution in [3.05, 3.63) is 320 Å². The largest absolute Gasteiger partial charge is 0.422 e. The SMILES string of the molecule is Cc1cc(C)c2nc(-c3cc4ccc(N5CCN(C)CC5)cc4oc3=O)cn2c1.Cc1cc(C)c2nc(-c3cc4ccc(N5C[C@@H](C)N[C@@H](C)C5)cc4oc3=O)cn2c1.Cc1cc(Cl)cn2cc(-c3cc4ccc(N5CCN(C)CC5)cc4oc3=O)nc12.Cc1cc(Cl)cn2cc(-c3cc4ccc(N5CCNCC5)cc4oc3=O)nc12.Cc1cc(Cl)cn2cc(-c3cc4ccc(N5C[C@@H](C)N[C@@H](C)C5)cc4oc3=O)nc12. The summed E-state index contributed by atoms with van der Waals surface area (Å²) in [6.45, 7) is 38.2. The molecule has 5 aliphatic heterocycles. The van der Waals surface area contributed by atoms with Gasteiger partial charge >= 0.3 is 28.1 Å². The van der Waals surface area contributed by atoms with Crippen molar-refractivity contribution in [2.24, 2.45) is 0 Å². The van der Waals surface area contributed by atoms with E-state index in [4.69, 9.17) is 56.9 Å². The molecule has 0 bridgehead atoms. The molecule has 20 aromatic rings. The van der Waals surface area contributed by atoms with Crippen molar-refractivity contribution >= 4 is 146 Å². The molecule has 4 atom stereocenters. The van der Waals surface area contributed by atoms with E-state index in [0.717, 1.165) is 227 Å². The van der Waals surface area contributed by atoms with Gasteiger partial charge in [0.1, 0.15) is 56.2 Å². The number of piperazine rings is 5. The monoisotopic (exact) mass is 2010 g/mol. The summed E-state index contributed by atoms with van der Waals surface area (Å²) in [5.74, 6) is 0. The first-order valence-corrected chi connectivity index (χ1v) is 50.5. The molecule has 5 aliphatic rings. The van der Waals surface area contributed by atoms with Gasteiger partial charge < -0.3 is 94.3 Å². The molecular formula is C113H113Cl3N20O10. The molecule has 5 saturated heterocycles. The number of nitrogens with one attached hydrogen (secondary N) is 3. The number of imidazole rings is 5. The van der Waals surface area contributed by atoms with E-state index in [1.165, 1.54) is 0 Å². The highest BCUT2D eigenvalue weighted by atomic mass is 35.5. The van der Waals surface area contributed by atoms with E-state index in [0.29, 0.717) is 123 Å². The van der Waals surface area contributed by atoms with Crippen LogP contribution in [0.2, 0.25) is 15.1 Å². The van der Waals surface area contributed by atoms with Gasteiger partial charge in [0, 0.05) is 277 Å². The van der Waals surface area contributed by atoms with Gasteiger partial charge in [-0.1, -0.05) is 46.9 Å². The van der Waals surface area contributed by atoms with Crippen LogP contribution in [0.15, 0.2) is 260 Å². The lowest BCUT2D eigenvalue weighted by Gasteiger charge is -2.37. The number of benzene rings is 5. The Morgan fingerprint density at radius 1 is 0.274 bits per heavy atom. The molecule has 33 heteroatoms. The lowest BCUT2D eigenvalue weighted by Crippen LogP contribution is -2.54. The topological polar surface area (TPSA) is 296 Å². The number of anilines is 5. The van der Waals surface area contributed by atoms with Crippen LogP contribution in [0.5, 0.6) is 0 Å². The van der Waals surface area contributed by atoms with Gasteiger partial charge in [-0.25, -0.2) is 48.9 Å². The summed E-state index contributed by atoms with van der Waals surface area (Å²) >= 11 is 18.4. The number of hydrogen-bond acceptors (Lipinski definition) is 25. The molecule has 0 amide bonds. The lowest BCUT2D eigenvalue weighted by molar-refractivity contribution is 0.313. The molecule has 146 heavy (non-hydrogen) atoms. The minimum Gasteiger partial charge on any atom is -0.422 e. The summed E-state index contributed by atoms with van der Waals surface area (Å²) in [5.41, 5.74) is 23.2. The van der Waals surface area contributed by atoms with Crippen LogP contribution in [0.4, 0.5) is 28.4 Å². The number of nitrogens with zero attached hydrogens (tertiary/aromatic N) is 17. The third-order valence-corrected chi connectivity index (χ3v) is 28.5. The van der Waals surface area contributed by atoms with Crippen LogP contribution in [-0.2, 0) is 0 Å². The number of pyridine rings is 5. The van der Waals surface area contributed by atoms with Crippen molar-refractivity contribution < 1.29 is 22.1 Å². The van der Waals surface area contributed by atoms with E-state index < -0.39 is 11.3 Å². The lowest BCUT2D eigenvalue weighted by atomic mass is 10.1. The van der Waals surface area contributed by atoms with Crippen LogP contribution in [-0.4, -0.2) is 200 Å². The first-order valence-electron chi connectivity index (χ1n) is 49.4. The Morgan fingerprint density at radius 2 is 0.500 bits per heavy atom. The molecule has 3 N–H and O–H groups in total. The minimum absolute atomic E-state index is 0.356. The first-order chi connectivity index (χ1) is 70.3. The number of likely N-dealkylation sites (N-methyl/N-ethyl adjacent to an activating group) is 2. The Kier molecular flexibility index (Phi) is 26.9. The molecule has 20 heterocycles. The molecule has 0 aliphatic carbocycles. The van der Waals surface area contributed by atoms with Gasteiger partial charge in [0.05, 0.1) is 71.4 Å². The second-order valence-corrected chi connectivity index (χ2v) is 40.9. The number of fused-ring (bicyclic) bond motifs is 10. The Hall–Kier alpha value is -14.7. The van der Waals surface area contributed by atoms with E-state index >= 15 is 0 Å². The predicted octanol–water partition coefficient (Wildman–Crippen LogP) is 18.9. The fourth-order valence-corrected chi connectivity index (χ4v) is 21.5. The second-order valence-electron chi connectivity index (χ2n) is 39.6. The summed E-state index contributed by atoms with van der Waals surface area (Å²) in [7, 11) is 4.27. The fourth-order valence-electron chi connectivity index (χ4n) is 20.7. The zero-order valence-corrected chi connectivity index (χ0v) is 85.9. The summed E-state index contributed by atoms with van der Waals surface area (Å²) in [6, 6.07) is 51.1. The van der Waals surface area contributed by atoms with Crippen molar-refractivity contribution in [2.75, 3.05) is 143 Å². The van der Waals surface area contributed by atoms with Crippen LogP contribution < -0.4 is 68.6 Å². The van der Waals surface area contributed by atoms with E-state index in [9.17, 15) is 24.0 Å². The van der Waals surface area contributed by atoms with Gasteiger partial charge in [-0.05, 0) is 238 Å². The molecule has 5 aromatic carbocycles. The molecule has 0 radical (unpaired) electrons. The maximum Gasteiger partial charge on any atom is 0.345 e. The normalized spacial score (nSPS) is 17.1. The van der Waals surface area contributed by atoms with Crippen molar-refractivity contribution in [1.82, 2.24) is 72.7 Å². The zero-order valence-electron chi connectivity index (χ0n) is 83.6. The van der Waals surface area contributed by atoms with Crippen molar-refractivity contribution in [3.63, 3.8) is 0 Å². The Balaban J connectivity index is 0.000000107. The highest BCUT2D eigenvalue weighted by Gasteiger charge is 2.28. The molecule has 30 nitrogen and oxygen atoms in total. The van der Waals surface area contributed by atoms with Gasteiger partial charge in [-0.2, -0.15) is 0 Å². The van der Waals surface area contributed by atoms with Crippen LogP contribution >= 0.6 is 34.8 Å². The van der Waals surface area contributed by atoms with E-state index in [-0.39, 0.29) is 16.9 Å². The smallest absolute Gasteiger partial charge is 0.345 e. The maximum absolute atomic E-state index is 12.8. The Morgan fingerprint density at radius 3 is 0.753 bits per heavy atom. The van der Waals surface area contributed by atoms with E-state index in [2.05, 4.69) is 166 Å². The highest BCUT2D eigenvalue weighted by molar-refractivity contribution is 6.31. The molecule has 15 aromatic heterocycles. The Labute approximate surface area is 855 Å². The van der Waals surface area contributed by atoms with E-state index in [1.807, 2.05) is 210 Å². The Bertz CT molecular complexity index is 8390. The summed E-state index contributed by atoms with van der Waals surface area (Å²) in [4.78, 5) is 103. The predicted molar refractivity (Wildman–Crippen MR) is 585 cm³/mol. The quantitative estimate of drug-likeness (QED) is 0.107. The van der Waals surface area contributed by atoms with Gasteiger partial charge in [0.2, 0.25) is 0 Å².